The first-order valence-electron chi connectivity index (χ1n) is 8.46. The highest BCUT2D eigenvalue weighted by Gasteiger charge is 2.12. The third-order valence-electron chi connectivity index (χ3n) is 3.89. The van der Waals surface area contributed by atoms with E-state index >= 15 is 0 Å². The molecule has 0 radical (unpaired) electrons. The number of nitrogens with zero attached hydrogens (tertiary/aromatic N) is 1. The maximum absolute atomic E-state index is 10.1. The van der Waals surface area contributed by atoms with E-state index in [1.165, 1.54) is 0 Å². The van der Waals surface area contributed by atoms with Crippen molar-refractivity contribution in [3.8, 4) is 5.75 Å². The summed E-state index contributed by atoms with van der Waals surface area (Å²) in [4.78, 5) is 2.03. The molecule has 2 atom stereocenters. The van der Waals surface area contributed by atoms with Crippen LogP contribution in [0.2, 0.25) is 5.02 Å². The molecule has 25 heavy (non-hydrogen) atoms. The van der Waals surface area contributed by atoms with Crippen LogP contribution in [0, 0.1) is 0 Å². The molecular weight excluding hydrogens is 338 g/mol. The number of halogens is 1. The van der Waals surface area contributed by atoms with E-state index in [-0.39, 0.29) is 12.7 Å². The molecule has 0 bridgehead atoms. The lowest BCUT2D eigenvalue weighted by Gasteiger charge is -2.22. The standard InChI is InChI=1S/C20H26ClNO3/c1-16(17-8-10-18(21)11-9-17)25-15-19(23)14-22(2)12-13-24-20-6-4-3-5-7-20/h3-11,16,19,23H,12-15H2,1-2H3/t16-,19+/m1/s1. The largest absolute Gasteiger partial charge is 0.492 e. The zero-order chi connectivity index (χ0) is 18.1. The number of para-hydroxylation sites is 1. The van der Waals surface area contributed by atoms with Crippen LogP contribution in [-0.2, 0) is 4.74 Å². The maximum atomic E-state index is 10.1. The molecule has 0 saturated carbocycles. The summed E-state index contributed by atoms with van der Waals surface area (Å²) in [7, 11) is 1.96. The Balaban J connectivity index is 1.63. The summed E-state index contributed by atoms with van der Waals surface area (Å²) in [6.07, 6.45) is -0.630. The molecule has 0 fully saturated rings. The zero-order valence-corrected chi connectivity index (χ0v) is 15.5. The average Bonchev–Trinajstić information content (AvgIpc) is 2.61. The highest BCUT2D eigenvalue weighted by Crippen LogP contribution is 2.19. The third kappa shape index (κ3) is 7.45. The molecule has 0 amide bonds. The van der Waals surface area contributed by atoms with Crippen molar-refractivity contribution < 1.29 is 14.6 Å². The van der Waals surface area contributed by atoms with Crippen LogP contribution in [0.1, 0.15) is 18.6 Å². The predicted molar refractivity (Wildman–Crippen MR) is 101 cm³/mol. The summed E-state index contributed by atoms with van der Waals surface area (Å²) in [6, 6.07) is 17.3. The minimum Gasteiger partial charge on any atom is -0.492 e. The molecule has 2 aromatic carbocycles. The van der Waals surface area contributed by atoms with E-state index in [1.807, 2.05) is 73.5 Å². The summed E-state index contributed by atoms with van der Waals surface area (Å²) in [5.41, 5.74) is 1.04. The van der Waals surface area contributed by atoms with Crippen molar-refractivity contribution in [2.75, 3.05) is 33.4 Å². The van der Waals surface area contributed by atoms with Gasteiger partial charge >= 0.3 is 0 Å². The lowest BCUT2D eigenvalue weighted by molar-refractivity contribution is -0.0139. The fraction of sp³-hybridized carbons (Fsp3) is 0.400. The molecule has 4 nitrogen and oxygen atoms in total. The van der Waals surface area contributed by atoms with Gasteiger partial charge in [-0.2, -0.15) is 0 Å². The average molecular weight is 364 g/mol. The summed E-state index contributed by atoms with van der Waals surface area (Å²) in [6.45, 7) is 4.10. The van der Waals surface area contributed by atoms with E-state index in [0.29, 0.717) is 18.2 Å². The van der Waals surface area contributed by atoms with Crippen LogP contribution >= 0.6 is 11.6 Å². The van der Waals surface area contributed by atoms with Gasteiger partial charge in [-0.1, -0.05) is 41.9 Å². The summed E-state index contributed by atoms with van der Waals surface area (Å²) >= 11 is 5.89. The third-order valence-corrected chi connectivity index (χ3v) is 4.14. The Hall–Kier alpha value is -1.59. The normalized spacial score (nSPS) is 13.6. The highest BCUT2D eigenvalue weighted by atomic mass is 35.5. The molecule has 0 saturated heterocycles. The van der Waals surface area contributed by atoms with E-state index in [2.05, 4.69) is 0 Å². The van der Waals surface area contributed by atoms with Crippen molar-refractivity contribution in [3.63, 3.8) is 0 Å². The van der Waals surface area contributed by atoms with Crippen LogP contribution in [-0.4, -0.2) is 49.5 Å². The van der Waals surface area contributed by atoms with Crippen molar-refractivity contribution in [2.24, 2.45) is 0 Å². The van der Waals surface area contributed by atoms with E-state index in [9.17, 15) is 5.11 Å². The Morgan fingerprint density at radius 2 is 1.76 bits per heavy atom. The number of hydrogen-bond acceptors (Lipinski definition) is 4. The van der Waals surface area contributed by atoms with Gasteiger partial charge in [0.1, 0.15) is 12.4 Å². The second-order valence-electron chi connectivity index (χ2n) is 6.10. The number of hydrogen-bond donors (Lipinski definition) is 1. The molecule has 2 rings (SSSR count). The number of ether oxygens (including phenoxy) is 2. The molecule has 136 valence electrons. The van der Waals surface area contributed by atoms with Gasteiger partial charge in [0, 0.05) is 18.1 Å². The van der Waals surface area contributed by atoms with Crippen LogP contribution < -0.4 is 4.74 Å². The van der Waals surface area contributed by atoms with Gasteiger partial charge in [-0.15, -0.1) is 0 Å². The van der Waals surface area contributed by atoms with Gasteiger partial charge in [-0.25, -0.2) is 0 Å². The molecule has 1 N–H and O–H groups in total. The number of benzene rings is 2. The van der Waals surface area contributed by atoms with Crippen LogP contribution in [0.4, 0.5) is 0 Å². The van der Waals surface area contributed by atoms with Crippen molar-refractivity contribution in [1.82, 2.24) is 4.90 Å². The highest BCUT2D eigenvalue weighted by molar-refractivity contribution is 6.30. The molecule has 0 aliphatic rings. The Bertz CT molecular complexity index is 606. The molecule has 0 heterocycles. The van der Waals surface area contributed by atoms with E-state index in [0.717, 1.165) is 17.9 Å². The van der Waals surface area contributed by atoms with Gasteiger partial charge in [-0.3, -0.25) is 0 Å². The fourth-order valence-electron chi connectivity index (χ4n) is 2.43. The van der Waals surface area contributed by atoms with Gasteiger partial charge in [0.15, 0.2) is 0 Å². The maximum Gasteiger partial charge on any atom is 0.119 e. The van der Waals surface area contributed by atoms with Crippen LogP contribution in [0.5, 0.6) is 5.75 Å². The first-order valence-corrected chi connectivity index (χ1v) is 8.84. The van der Waals surface area contributed by atoms with Crippen LogP contribution in [0.15, 0.2) is 54.6 Å². The molecule has 0 aliphatic heterocycles. The first-order chi connectivity index (χ1) is 12.0. The molecule has 0 unspecified atom stereocenters. The van der Waals surface area contributed by atoms with Crippen LogP contribution in [0.25, 0.3) is 0 Å². The second-order valence-corrected chi connectivity index (χ2v) is 6.54. The van der Waals surface area contributed by atoms with E-state index < -0.39 is 6.10 Å². The lowest BCUT2D eigenvalue weighted by atomic mass is 10.1. The van der Waals surface area contributed by atoms with Gasteiger partial charge < -0.3 is 19.5 Å². The first kappa shape index (κ1) is 19.7. The molecule has 5 heteroatoms. The molecule has 0 aliphatic carbocycles. The fourth-order valence-corrected chi connectivity index (χ4v) is 2.55. The molecule has 0 spiro atoms. The SMILES string of the molecule is C[C@@H](OC[C@@H](O)CN(C)CCOc1ccccc1)c1ccc(Cl)cc1. The summed E-state index contributed by atoms with van der Waals surface area (Å²) < 4.78 is 11.4. The molecular formula is C20H26ClNO3. The summed E-state index contributed by atoms with van der Waals surface area (Å²) in [5.74, 6) is 0.858. The van der Waals surface area contributed by atoms with Crippen molar-refractivity contribution >= 4 is 11.6 Å². The summed E-state index contributed by atoms with van der Waals surface area (Å²) in [5, 5.41) is 10.9. The van der Waals surface area contributed by atoms with Gasteiger partial charge in [0.2, 0.25) is 0 Å². The van der Waals surface area contributed by atoms with Crippen molar-refractivity contribution in [2.45, 2.75) is 19.1 Å². The van der Waals surface area contributed by atoms with E-state index in [4.69, 9.17) is 21.1 Å². The second kappa shape index (κ2) is 10.4. The Kier molecular flexibility index (Phi) is 8.22. The minimum absolute atomic E-state index is 0.0846. The monoisotopic (exact) mass is 363 g/mol. The Morgan fingerprint density at radius 3 is 2.44 bits per heavy atom. The minimum atomic E-state index is -0.545. The smallest absolute Gasteiger partial charge is 0.119 e. The molecule has 2 aromatic rings. The molecule has 0 aromatic heterocycles. The number of aliphatic hydroxyl groups is 1. The van der Waals surface area contributed by atoms with Crippen molar-refractivity contribution in [3.05, 3.63) is 65.2 Å². The quantitative estimate of drug-likeness (QED) is 0.697. The predicted octanol–water partition coefficient (Wildman–Crippen LogP) is 3.79. The van der Waals surface area contributed by atoms with E-state index in [1.54, 1.807) is 0 Å². The Labute approximate surface area is 154 Å². The van der Waals surface area contributed by atoms with Crippen molar-refractivity contribution in [1.29, 1.82) is 0 Å². The Morgan fingerprint density at radius 1 is 1.08 bits per heavy atom. The van der Waals surface area contributed by atoms with Gasteiger partial charge in [-0.05, 0) is 43.8 Å². The number of rotatable bonds is 10. The topological polar surface area (TPSA) is 41.9 Å². The van der Waals surface area contributed by atoms with Crippen LogP contribution in [0.3, 0.4) is 0 Å². The lowest BCUT2D eigenvalue weighted by Crippen LogP contribution is -2.34. The number of likely N-dealkylation sites (N-methyl/N-ethyl adjacent to an activating group) is 1. The number of aliphatic hydroxyl groups excluding tert-OH is 1. The van der Waals surface area contributed by atoms with Gasteiger partial charge in [0.25, 0.3) is 0 Å². The zero-order valence-electron chi connectivity index (χ0n) is 14.8. The van der Waals surface area contributed by atoms with Gasteiger partial charge in [0.05, 0.1) is 18.8 Å².